The van der Waals surface area contributed by atoms with Crippen LogP contribution >= 0.6 is 0 Å². The predicted molar refractivity (Wildman–Crippen MR) is 70.1 cm³/mol. The second-order valence-corrected chi connectivity index (χ2v) is 5.08. The molecule has 1 aliphatic rings. The maximum Gasteiger partial charge on any atom is 0.317 e. The largest absolute Gasteiger partial charge is 0.391 e. The van der Waals surface area contributed by atoms with E-state index in [2.05, 4.69) is 5.32 Å². The number of carbonyl (C=O) groups is 1. The Kier molecular flexibility index (Phi) is 4.54. The number of hydrogen-bond donors (Lipinski definition) is 2. The fraction of sp³-hybridized carbons (Fsp3) is 0.500. The van der Waals surface area contributed by atoms with Gasteiger partial charge in [0.1, 0.15) is 11.6 Å². The molecule has 20 heavy (non-hydrogen) atoms. The first-order valence-corrected chi connectivity index (χ1v) is 6.66. The van der Waals surface area contributed by atoms with Crippen molar-refractivity contribution in [1.29, 1.82) is 0 Å². The van der Waals surface area contributed by atoms with Crippen LogP contribution in [0.2, 0.25) is 0 Å². The van der Waals surface area contributed by atoms with Crippen LogP contribution in [0, 0.1) is 11.6 Å². The lowest BCUT2D eigenvalue weighted by Crippen LogP contribution is -2.47. The zero-order valence-corrected chi connectivity index (χ0v) is 11.3. The van der Waals surface area contributed by atoms with Crippen molar-refractivity contribution in [3.63, 3.8) is 0 Å². The lowest BCUT2D eigenvalue weighted by atomic mass is 10.1. The third-order valence-electron chi connectivity index (χ3n) is 3.45. The Bertz CT molecular complexity index is 496. The van der Waals surface area contributed by atoms with Crippen molar-refractivity contribution in [3.8, 4) is 0 Å². The van der Waals surface area contributed by atoms with E-state index < -0.39 is 23.8 Å². The van der Waals surface area contributed by atoms with Gasteiger partial charge in [0.25, 0.3) is 0 Å². The average Bonchev–Trinajstić information content (AvgIpc) is 2.38. The van der Waals surface area contributed by atoms with Gasteiger partial charge in [-0.1, -0.05) is 6.07 Å². The van der Waals surface area contributed by atoms with E-state index in [4.69, 9.17) is 0 Å². The number of likely N-dealkylation sites (tertiary alicyclic amines) is 1. The summed E-state index contributed by atoms with van der Waals surface area (Å²) >= 11 is 0. The minimum atomic E-state index is -0.684. The Morgan fingerprint density at radius 3 is 2.90 bits per heavy atom. The van der Waals surface area contributed by atoms with E-state index in [9.17, 15) is 18.7 Å². The molecule has 2 rings (SSSR count). The molecule has 110 valence electrons. The van der Waals surface area contributed by atoms with Gasteiger partial charge in [-0.3, -0.25) is 0 Å². The summed E-state index contributed by atoms with van der Waals surface area (Å²) in [6, 6.07) is 2.36. The van der Waals surface area contributed by atoms with Crippen molar-refractivity contribution in [3.05, 3.63) is 35.4 Å². The number of β-amino-alcohol motifs (C(OH)–C–C–N with tert-alkyl or cyclic N) is 1. The smallest absolute Gasteiger partial charge is 0.317 e. The summed E-state index contributed by atoms with van der Waals surface area (Å²) in [6.45, 7) is 2.49. The van der Waals surface area contributed by atoms with Gasteiger partial charge in [0.15, 0.2) is 0 Å². The van der Waals surface area contributed by atoms with Crippen LogP contribution in [0.4, 0.5) is 13.6 Å². The van der Waals surface area contributed by atoms with Crippen molar-refractivity contribution in [2.24, 2.45) is 0 Å². The third-order valence-corrected chi connectivity index (χ3v) is 3.45. The molecule has 0 aromatic heterocycles. The molecule has 1 aliphatic heterocycles. The molecule has 0 aliphatic carbocycles. The van der Waals surface area contributed by atoms with Gasteiger partial charge in [-0.05, 0) is 25.8 Å². The number of benzene rings is 1. The second kappa shape index (κ2) is 6.17. The highest BCUT2D eigenvalue weighted by Crippen LogP contribution is 2.18. The van der Waals surface area contributed by atoms with Crippen molar-refractivity contribution >= 4 is 6.03 Å². The molecule has 1 saturated heterocycles. The van der Waals surface area contributed by atoms with Crippen molar-refractivity contribution in [2.45, 2.75) is 31.9 Å². The summed E-state index contributed by atoms with van der Waals surface area (Å²) in [7, 11) is 0. The topological polar surface area (TPSA) is 52.6 Å². The van der Waals surface area contributed by atoms with E-state index in [0.717, 1.165) is 18.6 Å². The number of carbonyl (C=O) groups excluding carboxylic acids is 1. The first-order chi connectivity index (χ1) is 9.47. The zero-order valence-electron chi connectivity index (χ0n) is 11.3. The minimum Gasteiger partial charge on any atom is -0.391 e. The summed E-state index contributed by atoms with van der Waals surface area (Å²) in [6.07, 6.45) is 0.923. The number of aliphatic hydroxyl groups excluding tert-OH is 1. The van der Waals surface area contributed by atoms with E-state index >= 15 is 0 Å². The SMILES string of the molecule is CC(NC(=O)N1CCCC(O)C1)c1ccc(F)cc1F. The standard InChI is InChI=1S/C14H18F2N2O2/c1-9(12-5-4-10(15)7-13(12)16)17-14(20)18-6-2-3-11(19)8-18/h4-5,7,9,11,19H,2-3,6,8H2,1H3,(H,17,20). The number of hydrogen-bond acceptors (Lipinski definition) is 2. The molecule has 0 radical (unpaired) electrons. The van der Waals surface area contributed by atoms with Gasteiger partial charge in [0.05, 0.1) is 12.1 Å². The second-order valence-electron chi connectivity index (χ2n) is 5.08. The molecule has 1 heterocycles. The highest BCUT2D eigenvalue weighted by atomic mass is 19.1. The van der Waals surface area contributed by atoms with Gasteiger partial charge < -0.3 is 15.3 Å². The summed E-state index contributed by atoms with van der Waals surface area (Å²) in [5, 5.41) is 12.2. The Morgan fingerprint density at radius 1 is 1.50 bits per heavy atom. The molecule has 2 atom stereocenters. The highest BCUT2D eigenvalue weighted by molar-refractivity contribution is 5.74. The number of nitrogens with zero attached hydrogens (tertiary/aromatic N) is 1. The van der Waals surface area contributed by atoms with Crippen LogP contribution in [0.25, 0.3) is 0 Å². The molecule has 2 unspecified atom stereocenters. The van der Waals surface area contributed by atoms with Crippen LogP contribution < -0.4 is 5.32 Å². The zero-order chi connectivity index (χ0) is 14.7. The monoisotopic (exact) mass is 284 g/mol. The molecule has 1 aromatic carbocycles. The van der Waals surface area contributed by atoms with E-state index in [1.54, 1.807) is 6.92 Å². The number of nitrogens with one attached hydrogen (secondary N) is 1. The third kappa shape index (κ3) is 3.45. The highest BCUT2D eigenvalue weighted by Gasteiger charge is 2.23. The normalized spacial score (nSPS) is 20.6. The molecule has 1 fully saturated rings. The van der Waals surface area contributed by atoms with E-state index in [0.29, 0.717) is 13.0 Å². The average molecular weight is 284 g/mol. The van der Waals surface area contributed by atoms with Crippen molar-refractivity contribution in [1.82, 2.24) is 10.2 Å². The number of rotatable bonds is 2. The van der Waals surface area contributed by atoms with Gasteiger partial charge in [0.2, 0.25) is 0 Å². The summed E-state index contributed by atoms with van der Waals surface area (Å²) in [4.78, 5) is 13.5. The number of piperidine rings is 1. The molecule has 0 spiro atoms. The lowest BCUT2D eigenvalue weighted by Gasteiger charge is -2.31. The van der Waals surface area contributed by atoms with Crippen LogP contribution in [0.15, 0.2) is 18.2 Å². The first kappa shape index (κ1) is 14.7. The maximum absolute atomic E-state index is 13.6. The van der Waals surface area contributed by atoms with E-state index in [1.807, 2.05) is 0 Å². The van der Waals surface area contributed by atoms with E-state index in [-0.39, 0.29) is 18.1 Å². The Morgan fingerprint density at radius 2 is 2.25 bits per heavy atom. The van der Waals surface area contributed by atoms with Crippen LogP contribution in [0.5, 0.6) is 0 Å². The lowest BCUT2D eigenvalue weighted by molar-refractivity contribution is 0.0834. The fourth-order valence-corrected chi connectivity index (χ4v) is 2.35. The van der Waals surface area contributed by atoms with Gasteiger partial charge >= 0.3 is 6.03 Å². The number of halogens is 2. The number of urea groups is 1. The molecule has 0 saturated carbocycles. The Balaban J connectivity index is 1.99. The minimum absolute atomic E-state index is 0.234. The van der Waals surface area contributed by atoms with Gasteiger partial charge in [-0.2, -0.15) is 0 Å². The maximum atomic E-state index is 13.6. The molecule has 1 aromatic rings. The molecule has 6 heteroatoms. The molecule has 4 nitrogen and oxygen atoms in total. The van der Waals surface area contributed by atoms with Gasteiger partial charge in [-0.25, -0.2) is 13.6 Å². The van der Waals surface area contributed by atoms with Crippen LogP contribution in [0.1, 0.15) is 31.4 Å². The van der Waals surface area contributed by atoms with Crippen molar-refractivity contribution in [2.75, 3.05) is 13.1 Å². The molecule has 0 bridgehead atoms. The predicted octanol–water partition coefficient (Wildman–Crippen LogP) is 2.19. The molecular weight excluding hydrogens is 266 g/mol. The molecular formula is C14H18F2N2O2. The number of amides is 2. The Hall–Kier alpha value is -1.69. The van der Waals surface area contributed by atoms with Crippen LogP contribution in [0.3, 0.4) is 0 Å². The van der Waals surface area contributed by atoms with E-state index in [1.165, 1.54) is 11.0 Å². The van der Waals surface area contributed by atoms with Crippen LogP contribution in [-0.2, 0) is 0 Å². The first-order valence-electron chi connectivity index (χ1n) is 6.66. The molecule has 2 N–H and O–H groups in total. The summed E-state index contributed by atoms with van der Waals surface area (Å²) in [5.74, 6) is -1.33. The fourth-order valence-electron chi connectivity index (χ4n) is 2.35. The van der Waals surface area contributed by atoms with Gasteiger partial charge in [0, 0.05) is 24.7 Å². The quantitative estimate of drug-likeness (QED) is 0.874. The summed E-state index contributed by atoms with van der Waals surface area (Å²) in [5.41, 5.74) is 0.234. The van der Waals surface area contributed by atoms with Crippen LogP contribution in [-0.4, -0.2) is 35.2 Å². The Labute approximate surface area is 116 Å². The number of aliphatic hydroxyl groups is 1. The van der Waals surface area contributed by atoms with Gasteiger partial charge in [-0.15, -0.1) is 0 Å². The summed E-state index contributed by atoms with van der Waals surface area (Å²) < 4.78 is 26.5. The molecule has 2 amide bonds. The van der Waals surface area contributed by atoms with Crippen molar-refractivity contribution < 1.29 is 18.7 Å².